The first-order chi connectivity index (χ1) is 25.1. The van der Waals surface area contributed by atoms with Crippen molar-refractivity contribution in [1.29, 1.82) is 0 Å². The molecular formula is C53H68Cl2Zr. The Kier molecular flexibility index (Phi) is 10.3. The molecular weight excluding hydrogens is 799 g/mol. The molecule has 0 heterocycles. The second kappa shape index (κ2) is 13.4. The number of benzene rings is 3. The van der Waals surface area contributed by atoms with E-state index in [9.17, 15) is 0 Å². The summed E-state index contributed by atoms with van der Waals surface area (Å²) in [7, 11) is 0. The van der Waals surface area contributed by atoms with Crippen molar-refractivity contribution >= 4 is 41.1 Å². The molecule has 0 aliphatic heterocycles. The number of hydrogen-bond acceptors (Lipinski definition) is 0. The van der Waals surface area contributed by atoms with Crippen molar-refractivity contribution < 1.29 is 18.3 Å². The van der Waals surface area contributed by atoms with Crippen LogP contribution in [0.5, 0.6) is 0 Å². The maximum atomic E-state index is 6.26. The van der Waals surface area contributed by atoms with Gasteiger partial charge >= 0.3 is 331 Å². The number of aryl methyl sites for hydroxylation is 1. The Hall–Kier alpha value is -2.31. The third-order valence-electron chi connectivity index (χ3n) is 18.2. The van der Waals surface area contributed by atoms with Crippen LogP contribution in [0.3, 0.4) is 0 Å². The van der Waals surface area contributed by atoms with E-state index >= 15 is 0 Å². The second-order valence-corrected chi connectivity index (χ2v) is 35.1. The Bertz CT molecular complexity index is 2320. The predicted molar refractivity (Wildman–Crippen MR) is 247 cm³/mol. The topological polar surface area (TPSA) is 0 Å². The quantitative estimate of drug-likeness (QED) is 0.245. The standard InChI is InChI=1S/C29H37.C10H15.C7H7.C6H5.CH2.2ClH.Zr/c1-18-25-22-17-19-13-9-10-14-20(19)24(22)21-15-11-12-16-23(21)29(25,8)28(6,7)27(4,5)26(18,2)3;1-8-5-6-9(7-8)10(2,3)4;1-7-5-3-2-4-6-7;1-2-4-6-5-3-1;;;;/h9-11,13-15,23H,12,16-17H2,1-8H3;6-8H,1-4H3;3-6H,1H3;1-5H;1H2;2*1H;. The molecule has 0 radical (unpaired) electrons. The van der Waals surface area contributed by atoms with Crippen LogP contribution in [-0.2, 0) is 24.7 Å². The van der Waals surface area contributed by atoms with Crippen LogP contribution in [0.1, 0.15) is 113 Å². The van der Waals surface area contributed by atoms with E-state index in [4.69, 9.17) is 4.21 Å². The van der Waals surface area contributed by atoms with E-state index < -0.39 is 18.3 Å². The van der Waals surface area contributed by atoms with Crippen LogP contribution in [0.25, 0.3) is 5.57 Å². The van der Waals surface area contributed by atoms with Gasteiger partial charge in [-0.3, -0.25) is 0 Å². The molecule has 0 N–H and O–H groups in total. The Morgan fingerprint density at radius 2 is 1.32 bits per heavy atom. The number of fused-ring (bicyclic) bond motifs is 6. The molecule has 3 aromatic carbocycles. The van der Waals surface area contributed by atoms with Gasteiger partial charge in [-0.05, 0) is 0 Å². The minimum absolute atomic E-state index is 0. The van der Waals surface area contributed by atoms with Crippen molar-refractivity contribution in [1.82, 2.24) is 0 Å². The molecule has 298 valence electrons. The summed E-state index contributed by atoms with van der Waals surface area (Å²) in [5.74, 6) is 0.700. The number of rotatable bonds is 4. The molecule has 0 aromatic heterocycles. The molecule has 3 heteroatoms. The number of halogens is 2. The summed E-state index contributed by atoms with van der Waals surface area (Å²) in [4.78, 5) is 0. The molecule has 0 bridgehead atoms. The van der Waals surface area contributed by atoms with Crippen LogP contribution in [-0.4, -0.2) is 4.21 Å². The van der Waals surface area contributed by atoms with E-state index in [1.807, 2.05) is 0 Å². The molecule has 4 atom stereocenters. The maximum absolute atomic E-state index is 6.26. The fourth-order valence-corrected chi connectivity index (χ4v) is 35.4. The van der Waals surface area contributed by atoms with Crippen molar-refractivity contribution in [3.63, 3.8) is 0 Å². The molecule has 1 fully saturated rings. The first kappa shape index (κ1) is 43.3. The number of hydrogen-bond donors (Lipinski definition) is 0. The van der Waals surface area contributed by atoms with Crippen molar-refractivity contribution in [2.45, 2.75) is 112 Å². The van der Waals surface area contributed by atoms with Crippen LogP contribution >= 0.6 is 24.8 Å². The summed E-state index contributed by atoms with van der Waals surface area (Å²) in [5, 5.41) is 0. The summed E-state index contributed by atoms with van der Waals surface area (Å²) < 4.78 is 10.6. The summed E-state index contributed by atoms with van der Waals surface area (Å²) in [6, 6.07) is 31.2. The predicted octanol–water partition coefficient (Wildman–Crippen LogP) is 14.0. The molecule has 1 saturated carbocycles. The summed E-state index contributed by atoms with van der Waals surface area (Å²) in [6.45, 7) is 33.5. The molecule has 0 spiro atoms. The molecule has 3 aromatic rings. The van der Waals surface area contributed by atoms with E-state index in [0.717, 1.165) is 12.8 Å². The van der Waals surface area contributed by atoms with Crippen LogP contribution in [0.4, 0.5) is 0 Å². The molecule has 0 saturated heterocycles. The zero-order chi connectivity index (χ0) is 39.1. The van der Waals surface area contributed by atoms with Crippen LogP contribution < -0.4 is 6.54 Å². The summed E-state index contributed by atoms with van der Waals surface area (Å²) >= 11 is -5.33. The van der Waals surface area contributed by atoms with Gasteiger partial charge in [0.25, 0.3) is 0 Å². The van der Waals surface area contributed by atoms with E-state index in [2.05, 4.69) is 193 Å². The minimum atomic E-state index is -5.33. The molecule has 0 nitrogen and oxygen atoms in total. The van der Waals surface area contributed by atoms with Gasteiger partial charge in [-0.1, -0.05) is 0 Å². The molecule has 5 aliphatic carbocycles. The second-order valence-electron chi connectivity index (χ2n) is 21.2. The Balaban J connectivity index is 0.00000266. The monoisotopic (exact) mass is 864 g/mol. The van der Waals surface area contributed by atoms with Crippen molar-refractivity contribution in [2.24, 2.45) is 38.9 Å². The Morgan fingerprint density at radius 1 is 0.732 bits per heavy atom. The van der Waals surface area contributed by atoms with Gasteiger partial charge < -0.3 is 0 Å². The van der Waals surface area contributed by atoms with Crippen LogP contribution in [0, 0.1) is 45.8 Å². The molecule has 8 rings (SSSR count). The van der Waals surface area contributed by atoms with Gasteiger partial charge in [0, 0.05) is 0 Å². The van der Waals surface area contributed by atoms with Crippen molar-refractivity contribution in [3.8, 4) is 0 Å². The van der Waals surface area contributed by atoms with E-state index in [1.54, 1.807) is 25.6 Å². The molecule has 5 aliphatic rings. The van der Waals surface area contributed by atoms with Gasteiger partial charge in [-0.15, -0.1) is 24.8 Å². The average Bonchev–Trinajstić information content (AvgIpc) is 3.73. The van der Waals surface area contributed by atoms with Crippen molar-refractivity contribution in [2.75, 3.05) is 0 Å². The van der Waals surface area contributed by atoms with Gasteiger partial charge in [0.2, 0.25) is 0 Å². The van der Waals surface area contributed by atoms with E-state index in [0.29, 0.717) is 5.92 Å². The van der Waals surface area contributed by atoms with Gasteiger partial charge in [0.1, 0.15) is 0 Å². The first-order valence-corrected chi connectivity index (χ1v) is 27.6. The normalized spacial score (nSPS) is 28.5. The average molecular weight is 867 g/mol. The Labute approximate surface area is 353 Å². The third-order valence-corrected chi connectivity index (χ3v) is 38.3. The fraction of sp³-hybridized carbons (Fsp3) is 0.453. The van der Waals surface area contributed by atoms with Crippen LogP contribution in [0.15, 0.2) is 129 Å². The zero-order valence-corrected chi connectivity index (χ0v) is 40.7. The SMILES string of the molecule is Cl.Cl.[CH2]=[Zr]([C]1=CC(C(C)(C)C)=CC1C)([c]1ccccc1)([c]1ccc(C)cc1)[C]1(C)C2=C3Cc4ccccc4C3=C3C=CCCC3C2(C)C(C)(C)C(C)(C)C1(C)C. The zero-order valence-electron chi connectivity index (χ0n) is 36.6. The summed E-state index contributed by atoms with van der Waals surface area (Å²) in [6.07, 6.45) is 13.7. The number of allylic oxidation sites excluding steroid dienone is 10. The van der Waals surface area contributed by atoms with Gasteiger partial charge in [-0.25, -0.2) is 0 Å². The molecule has 4 unspecified atom stereocenters. The Morgan fingerprint density at radius 3 is 1.93 bits per heavy atom. The van der Waals surface area contributed by atoms with E-state index in [1.165, 1.54) is 35.2 Å². The van der Waals surface area contributed by atoms with Gasteiger partial charge in [-0.2, -0.15) is 0 Å². The third kappa shape index (κ3) is 4.84. The van der Waals surface area contributed by atoms with Gasteiger partial charge in [0.15, 0.2) is 0 Å². The fourth-order valence-electron chi connectivity index (χ4n) is 13.8. The van der Waals surface area contributed by atoms with Gasteiger partial charge in [0.05, 0.1) is 0 Å². The van der Waals surface area contributed by atoms with E-state index in [-0.39, 0.29) is 60.9 Å². The van der Waals surface area contributed by atoms with Crippen LogP contribution in [0.2, 0.25) is 3.12 Å². The molecule has 0 amide bonds. The van der Waals surface area contributed by atoms with Crippen molar-refractivity contribution in [3.05, 3.63) is 145 Å². The summed E-state index contributed by atoms with van der Waals surface area (Å²) in [5.41, 5.74) is 11.9. The molecule has 56 heavy (non-hydrogen) atoms. The first-order valence-electron chi connectivity index (χ1n) is 21.0.